The van der Waals surface area contributed by atoms with Gasteiger partial charge in [-0.05, 0) is 41.4 Å². The van der Waals surface area contributed by atoms with Crippen LogP contribution in [0, 0.1) is 11.3 Å². The molecule has 0 aliphatic carbocycles. The number of fused-ring (bicyclic) bond motifs is 1. The summed E-state index contributed by atoms with van der Waals surface area (Å²) in [5, 5.41) is 2.87. The molecule has 0 saturated heterocycles. The Labute approximate surface area is 126 Å². The zero-order valence-corrected chi connectivity index (χ0v) is 13.6. The molecular formula is C17H24ClNO. The Morgan fingerprint density at radius 1 is 1.35 bits per heavy atom. The first-order valence-corrected chi connectivity index (χ1v) is 7.75. The van der Waals surface area contributed by atoms with E-state index in [4.69, 9.17) is 11.6 Å². The van der Waals surface area contributed by atoms with E-state index < -0.39 is 0 Å². The van der Waals surface area contributed by atoms with Crippen LogP contribution in [-0.4, -0.2) is 5.91 Å². The number of hydrogen-bond donors (Lipinski definition) is 1. The van der Waals surface area contributed by atoms with E-state index >= 15 is 0 Å². The smallest absolute Gasteiger partial charge is 0.228 e. The highest BCUT2D eigenvalue weighted by Crippen LogP contribution is 2.35. The number of benzene rings is 1. The van der Waals surface area contributed by atoms with Gasteiger partial charge in [0.05, 0.1) is 11.8 Å². The standard InChI is InChI=1S/C17H24ClNO/c1-11(10-17(2,3)4)7-14(18)12-5-6-15-13(8-12)9-16(20)19-15/h5-6,8,11,14H,7,9-10H2,1-4H3,(H,19,20). The van der Waals surface area contributed by atoms with Gasteiger partial charge in [0, 0.05) is 5.69 Å². The quantitative estimate of drug-likeness (QED) is 0.784. The molecule has 1 aromatic rings. The number of hydrogen-bond acceptors (Lipinski definition) is 1. The van der Waals surface area contributed by atoms with Gasteiger partial charge in [0.2, 0.25) is 5.91 Å². The lowest BCUT2D eigenvalue weighted by Crippen LogP contribution is -2.12. The topological polar surface area (TPSA) is 29.1 Å². The van der Waals surface area contributed by atoms with Crippen molar-refractivity contribution in [2.45, 2.75) is 52.3 Å². The second kappa shape index (κ2) is 5.77. The van der Waals surface area contributed by atoms with Crippen molar-refractivity contribution in [2.75, 3.05) is 5.32 Å². The summed E-state index contributed by atoms with van der Waals surface area (Å²) in [6.45, 7) is 9.05. The highest BCUT2D eigenvalue weighted by atomic mass is 35.5. The van der Waals surface area contributed by atoms with Gasteiger partial charge in [0.25, 0.3) is 0 Å². The molecule has 2 atom stereocenters. The van der Waals surface area contributed by atoms with Gasteiger partial charge in [0.15, 0.2) is 0 Å². The fourth-order valence-electron chi connectivity index (χ4n) is 3.06. The molecule has 20 heavy (non-hydrogen) atoms. The molecule has 1 aliphatic heterocycles. The minimum Gasteiger partial charge on any atom is -0.326 e. The lowest BCUT2D eigenvalue weighted by molar-refractivity contribution is -0.115. The highest BCUT2D eigenvalue weighted by Gasteiger charge is 2.22. The van der Waals surface area contributed by atoms with Crippen molar-refractivity contribution in [3.05, 3.63) is 29.3 Å². The normalized spacial score (nSPS) is 17.6. The van der Waals surface area contributed by atoms with Crippen molar-refractivity contribution < 1.29 is 4.79 Å². The minimum atomic E-state index is 0.0216. The molecule has 0 saturated carbocycles. The summed E-state index contributed by atoms with van der Waals surface area (Å²) < 4.78 is 0. The van der Waals surface area contributed by atoms with Crippen molar-refractivity contribution in [1.29, 1.82) is 0 Å². The van der Waals surface area contributed by atoms with Crippen LogP contribution >= 0.6 is 11.6 Å². The van der Waals surface area contributed by atoms with Crippen LogP contribution in [0.1, 0.15) is 57.0 Å². The predicted octanol–water partition coefficient (Wildman–Crippen LogP) is 4.92. The molecule has 1 aromatic carbocycles. The van der Waals surface area contributed by atoms with Crippen LogP contribution in [0.25, 0.3) is 0 Å². The summed E-state index contributed by atoms with van der Waals surface area (Å²) in [7, 11) is 0. The van der Waals surface area contributed by atoms with Crippen LogP contribution in [0.2, 0.25) is 0 Å². The molecule has 0 aromatic heterocycles. The van der Waals surface area contributed by atoms with Crippen LogP contribution in [0.4, 0.5) is 5.69 Å². The van der Waals surface area contributed by atoms with Gasteiger partial charge in [-0.15, -0.1) is 11.6 Å². The van der Waals surface area contributed by atoms with Gasteiger partial charge < -0.3 is 5.32 Å². The minimum absolute atomic E-state index is 0.0216. The number of carbonyl (C=O) groups excluding carboxylic acids is 1. The molecule has 3 heteroatoms. The van der Waals surface area contributed by atoms with E-state index in [1.54, 1.807) is 0 Å². The van der Waals surface area contributed by atoms with Crippen LogP contribution in [-0.2, 0) is 11.2 Å². The third-order valence-corrected chi connectivity index (χ3v) is 4.12. The number of carbonyl (C=O) groups is 1. The molecule has 2 nitrogen and oxygen atoms in total. The lowest BCUT2D eigenvalue weighted by atomic mass is 9.83. The molecule has 1 aliphatic rings. The van der Waals surface area contributed by atoms with Crippen molar-refractivity contribution in [3.63, 3.8) is 0 Å². The summed E-state index contributed by atoms with van der Waals surface area (Å²) in [4.78, 5) is 11.4. The first-order valence-electron chi connectivity index (χ1n) is 7.31. The van der Waals surface area contributed by atoms with E-state index in [1.165, 1.54) is 6.42 Å². The van der Waals surface area contributed by atoms with Gasteiger partial charge in [-0.2, -0.15) is 0 Å². The Bertz CT molecular complexity index is 504. The summed E-state index contributed by atoms with van der Waals surface area (Å²) >= 11 is 6.56. The molecule has 1 amide bonds. The Morgan fingerprint density at radius 3 is 2.70 bits per heavy atom. The number of nitrogens with one attached hydrogen (secondary N) is 1. The second-order valence-corrected chi connectivity index (χ2v) is 7.74. The monoisotopic (exact) mass is 293 g/mol. The van der Waals surface area contributed by atoms with Crippen LogP contribution < -0.4 is 5.32 Å². The largest absolute Gasteiger partial charge is 0.326 e. The van der Waals surface area contributed by atoms with Crippen molar-refractivity contribution in [2.24, 2.45) is 11.3 Å². The van der Waals surface area contributed by atoms with Crippen molar-refractivity contribution in [1.82, 2.24) is 0 Å². The number of amides is 1. The van der Waals surface area contributed by atoms with Crippen molar-refractivity contribution in [3.8, 4) is 0 Å². The predicted molar refractivity (Wildman–Crippen MR) is 85.2 cm³/mol. The lowest BCUT2D eigenvalue weighted by Gasteiger charge is -2.25. The molecule has 0 bridgehead atoms. The van der Waals surface area contributed by atoms with Gasteiger partial charge in [-0.25, -0.2) is 0 Å². The van der Waals surface area contributed by atoms with Crippen molar-refractivity contribution >= 4 is 23.2 Å². The molecule has 2 rings (SSSR count). The van der Waals surface area contributed by atoms with E-state index in [1.807, 2.05) is 12.1 Å². The Morgan fingerprint density at radius 2 is 2.05 bits per heavy atom. The summed E-state index contributed by atoms with van der Waals surface area (Å²) in [5.41, 5.74) is 3.47. The Hall–Kier alpha value is -1.02. The molecule has 1 N–H and O–H groups in total. The van der Waals surface area contributed by atoms with Gasteiger partial charge in [0.1, 0.15) is 0 Å². The number of rotatable bonds is 4. The van der Waals surface area contributed by atoms with Gasteiger partial charge >= 0.3 is 0 Å². The summed E-state index contributed by atoms with van der Waals surface area (Å²) in [6, 6.07) is 6.08. The molecular weight excluding hydrogens is 270 g/mol. The van der Waals surface area contributed by atoms with Crippen LogP contribution in [0.3, 0.4) is 0 Å². The summed E-state index contributed by atoms with van der Waals surface area (Å²) in [6.07, 6.45) is 2.62. The third-order valence-electron chi connectivity index (χ3n) is 3.69. The van der Waals surface area contributed by atoms with Crippen LogP contribution in [0.15, 0.2) is 18.2 Å². The Kier molecular flexibility index (Phi) is 4.43. The number of anilines is 1. The van der Waals surface area contributed by atoms with E-state index in [0.29, 0.717) is 17.8 Å². The van der Waals surface area contributed by atoms with Crippen LogP contribution in [0.5, 0.6) is 0 Å². The number of halogens is 1. The molecule has 0 radical (unpaired) electrons. The first kappa shape index (κ1) is 15.4. The molecule has 0 fully saturated rings. The average molecular weight is 294 g/mol. The zero-order chi connectivity index (χ0) is 14.9. The molecule has 1 heterocycles. The van der Waals surface area contributed by atoms with E-state index in [0.717, 1.165) is 23.2 Å². The molecule has 0 spiro atoms. The van der Waals surface area contributed by atoms with Gasteiger partial charge in [-0.3, -0.25) is 4.79 Å². The second-order valence-electron chi connectivity index (χ2n) is 7.21. The molecule has 110 valence electrons. The fraction of sp³-hybridized carbons (Fsp3) is 0.588. The van der Waals surface area contributed by atoms with E-state index in [2.05, 4.69) is 39.1 Å². The fourth-order valence-corrected chi connectivity index (χ4v) is 3.50. The average Bonchev–Trinajstić information content (AvgIpc) is 2.64. The third kappa shape index (κ3) is 3.99. The van der Waals surface area contributed by atoms with Gasteiger partial charge in [-0.1, -0.05) is 39.8 Å². The first-order chi connectivity index (χ1) is 9.24. The zero-order valence-electron chi connectivity index (χ0n) is 12.8. The maximum absolute atomic E-state index is 11.4. The summed E-state index contributed by atoms with van der Waals surface area (Å²) in [5.74, 6) is 0.662. The maximum Gasteiger partial charge on any atom is 0.228 e. The maximum atomic E-state index is 11.4. The highest BCUT2D eigenvalue weighted by molar-refractivity contribution is 6.20. The number of alkyl halides is 1. The SMILES string of the molecule is CC(CC(Cl)c1ccc2c(c1)CC(=O)N2)CC(C)(C)C. The van der Waals surface area contributed by atoms with E-state index in [-0.39, 0.29) is 11.3 Å². The Balaban J connectivity index is 2.01. The molecule has 2 unspecified atom stereocenters. The van der Waals surface area contributed by atoms with E-state index in [9.17, 15) is 4.79 Å².